The lowest BCUT2D eigenvalue weighted by atomic mass is 9.93. The highest BCUT2D eigenvalue weighted by atomic mass is 32.2. The van der Waals surface area contributed by atoms with Crippen LogP contribution in [0.2, 0.25) is 0 Å². The first kappa shape index (κ1) is 13.9. The summed E-state index contributed by atoms with van der Waals surface area (Å²) in [5.41, 5.74) is 0.949. The molecular formula is C15H21NO3S. The summed E-state index contributed by atoms with van der Waals surface area (Å²) in [4.78, 5) is 2.86. The smallest absolute Gasteiger partial charge is 0.179 e. The molecular weight excluding hydrogens is 274 g/mol. The molecule has 20 heavy (non-hydrogen) atoms. The number of methoxy groups -OCH3 is 1. The van der Waals surface area contributed by atoms with Gasteiger partial charge in [0.2, 0.25) is 0 Å². The zero-order valence-corrected chi connectivity index (χ0v) is 12.8. The maximum Gasteiger partial charge on any atom is 0.179 e. The summed E-state index contributed by atoms with van der Waals surface area (Å²) >= 11 is 0. The molecule has 0 aromatic heterocycles. The van der Waals surface area contributed by atoms with Gasteiger partial charge in [-0.3, -0.25) is 0 Å². The Balaban J connectivity index is 1.91. The Morgan fingerprint density at radius 1 is 1.40 bits per heavy atom. The first-order valence-electron chi connectivity index (χ1n) is 7.12. The van der Waals surface area contributed by atoms with Gasteiger partial charge in [-0.25, -0.2) is 8.42 Å². The minimum atomic E-state index is -3.11. The van der Waals surface area contributed by atoms with E-state index in [4.69, 9.17) is 4.74 Å². The van der Waals surface area contributed by atoms with Crippen LogP contribution in [0.3, 0.4) is 0 Å². The summed E-state index contributed by atoms with van der Waals surface area (Å²) < 4.78 is 29.8. The molecule has 0 aliphatic carbocycles. The molecule has 2 aliphatic rings. The van der Waals surface area contributed by atoms with Crippen LogP contribution in [0.5, 0.6) is 5.75 Å². The van der Waals surface area contributed by atoms with Gasteiger partial charge in [0.25, 0.3) is 0 Å². The normalized spacial score (nSPS) is 28.5. The van der Waals surface area contributed by atoms with Gasteiger partial charge in [0.1, 0.15) is 5.75 Å². The van der Waals surface area contributed by atoms with Crippen molar-refractivity contribution in [3.05, 3.63) is 23.8 Å². The number of rotatable bonds is 3. The largest absolute Gasteiger partial charge is 0.497 e. The first-order valence-corrected chi connectivity index (χ1v) is 8.77. The second-order valence-corrected chi connectivity index (χ2v) is 7.90. The molecule has 1 saturated heterocycles. The number of likely N-dealkylation sites (tertiary alicyclic amines) is 1. The molecule has 0 radical (unpaired) electrons. The van der Waals surface area contributed by atoms with E-state index in [0.29, 0.717) is 10.9 Å². The number of benzene rings is 1. The molecule has 2 heterocycles. The Hall–Kier alpha value is -1.07. The molecule has 110 valence electrons. The summed E-state index contributed by atoms with van der Waals surface area (Å²) in [6.07, 6.45) is 3.31. The summed E-state index contributed by atoms with van der Waals surface area (Å²) in [5, 5.41) is 0. The Kier molecular flexibility index (Phi) is 3.50. The fourth-order valence-electron chi connectivity index (χ4n) is 3.50. The summed E-state index contributed by atoms with van der Waals surface area (Å²) in [7, 11) is 0.636. The van der Waals surface area contributed by atoms with Crippen molar-refractivity contribution < 1.29 is 13.2 Å². The van der Waals surface area contributed by atoms with Crippen LogP contribution in [0.15, 0.2) is 23.1 Å². The third kappa shape index (κ3) is 2.33. The highest BCUT2D eigenvalue weighted by Gasteiger charge is 2.37. The van der Waals surface area contributed by atoms with Crippen molar-refractivity contribution >= 4 is 9.84 Å². The van der Waals surface area contributed by atoms with Crippen molar-refractivity contribution in [2.24, 2.45) is 0 Å². The van der Waals surface area contributed by atoms with Crippen LogP contribution in [0, 0.1) is 0 Å². The minimum Gasteiger partial charge on any atom is -0.497 e. The van der Waals surface area contributed by atoms with E-state index in [1.807, 2.05) is 6.07 Å². The van der Waals surface area contributed by atoms with Crippen molar-refractivity contribution in [2.45, 2.75) is 36.1 Å². The van der Waals surface area contributed by atoms with Gasteiger partial charge in [0, 0.05) is 12.0 Å². The molecule has 5 heteroatoms. The van der Waals surface area contributed by atoms with Crippen LogP contribution < -0.4 is 4.74 Å². The van der Waals surface area contributed by atoms with Crippen molar-refractivity contribution in [2.75, 3.05) is 26.5 Å². The third-order valence-corrected chi connectivity index (χ3v) is 6.52. The Morgan fingerprint density at radius 2 is 2.20 bits per heavy atom. The molecule has 0 saturated carbocycles. The van der Waals surface area contributed by atoms with Crippen molar-refractivity contribution in [1.82, 2.24) is 4.90 Å². The number of sulfone groups is 1. The molecule has 0 spiro atoms. The number of hydrogen-bond acceptors (Lipinski definition) is 4. The SMILES string of the molecule is COc1ccc2c(c1)[C@@H](C[C@H]1CCCN1C)CS2(=O)=O. The minimum absolute atomic E-state index is 0.107. The van der Waals surface area contributed by atoms with Crippen LogP contribution in [-0.4, -0.2) is 45.8 Å². The molecule has 0 amide bonds. The molecule has 0 unspecified atom stereocenters. The third-order valence-electron chi connectivity index (χ3n) is 4.64. The molecule has 0 N–H and O–H groups in total. The predicted octanol–water partition coefficient (Wildman–Crippen LogP) is 2.05. The standard InChI is InChI=1S/C15H21NO3S/c1-16-7-3-4-12(16)8-11-10-20(17,18)15-6-5-13(19-2)9-14(11)15/h5-6,9,11-12H,3-4,7-8,10H2,1-2H3/t11-,12+/m0/s1. The number of nitrogens with zero attached hydrogens (tertiary/aromatic N) is 1. The Labute approximate surface area is 120 Å². The van der Waals surface area contributed by atoms with Crippen molar-refractivity contribution in [1.29, 1.82) is 0 Å². The van der Waals surface area contributed by atoms with Gasteiger partial charge in [-0.1, -0.05) is 0 Å². The lowest BCUT2D eigenvalue weighted by Gasteiger charge is -2.22. The molecule has 1 aromatic rings. The van der Waals surface area contributed by atoms with Gasteiger partial charge in [-0.2, -0.15) is 0 Å². The molecule has 3 rings (SSSR count). The summed E-state index contributed by atoms with van der Waals surface area (Å²) in [5.74, 6) is 1.10. The lowest BCUT2D eigenvalue weighted by molar-refractivity contribution is 0.285. The highest BCUT2D eigenvalue weighted by molar-refractivity contribution is 7.91. The molecule has 1 aromatic carbocycles. The van der Waals surface area contributed by atoms with Crippen LogP contribution in [0.1, 0.15) is 30.7 Å². The number of fused-ring (bicyclic) bond motifs is 1. The van der Waals surface area contributed by atoms with Gasteiger partial charge in [-0.05, 0) is 56.6 Å². The van der Waals surface area contributed by atoms with Gasteiger partial charge in [-0.15, -0.1) is 0 Å². The van der Waals surface area contributed by atoms with E-state index in [0.717, 1.165) is 24.3 Å². The molecule has 4 nitrogen and oxygen atoms in total. The first-order chi connectivity index (χ1) is 9.51. The van der Waals surface area contributed by atoms with Gasteiger partial charge in [0.05, 0.1) is 17.8 Å². The second-order valence-electron chi connectivity index (χ2n) is 5.89. The topological polar surface area (TPSA) is 46.6 Å². The predicted molar refractivity (Wildman–Crippen MR) is 78.1 cm³/mol. The van der Waals surface area contributed by atoms with Gasteiger partial charge < -0.3 is 9.64 Å². The van der Waals surface area contributed by atoms with Crippen LogP contribution in [-0.2, 0) is 9.84 Å². The Morgan fingerprint density at radius 3 is 2.85 bits per heavy atom. The monoisotopic (exact) mass is 295 g/mol. The van der Waals surface area contributed by atoms with E-state index in [2.05, 4.69) is 11.9 Å². The van der Waals surface area contributed by atoms with Gasteiger partial charge >= 0.3 is 0 Å². The van der Waals surface area contributed by atoms with E-state index in [1.54, 1.807) is 19.2 Å². The van der Waals surface area contributed by atoms with E-state index in [-0.39, 0.29) is 11.7 Å². The highest BCUT2D eigenvalue weighted by Crippen LogP contribution is 2.41. The zero-order chi connectivity index (χ0) is 14.3. The summed E-state index contributed by atoms with van der Waals surface area (Å²) in [6, 6.07) is 5.84. The molecule has 2 aliphatic heterocycles. The zero-order valence-electron chi connectivity index (χ0n) is 12.0. The lowest BCUT2D eigenvalue weighted by Crippen LogP contribution is -2.27. The van der Waals surface area contributed by atoms with Crippen LogP contribution >= 0.6 is 0 Å². The fourth-order valence-corrected chi connectivity index (χ4v) is 5.39. The van der Waals surface area contributed by atoms with Gasteiger partial charge in [0.15, 0.2) is 9.84 Å². The number of ether oxygens (including phenoxy) is 1. The molecule has 1 fully saturated rings. The van der Waals surface area contributed by atoms with E-state index in [9.17, 15) is 8.42 Å². The van der Waals surface area contributed by atoms with Crippen molar-refractivity contribution in [3.8, 4) is 5.75 Å². The van der Waals surface area contributed by atoms with Crippen molar-refractivity contribution in [3.63, 3.8) is 0 Å². The quantitative estimate of drug-likeness (QED) is 0.856. The average Bonchev–Trinajstić information content (AvgIpc) is 2.92. The second kappa shape index (κ2) is 5.04. The van der Waals surface area contributed by atoms with Crippen LogP contribution in [0.4, 0.5) is 0 Å². The van der Waals surface area contributed by atoms with Crippen LogP contribution in [0.25, 0.3) is 0 Å². The van der Waals surface area contributed by atoms with E-state index < -0.39 is 9.84 Å². The maximum absolute atomic E-state index is 12.3. The average molecular weight is 295 g/mol. The fraction of sp³-hybridized carbons (Fsp3) is 0.600. The summed E-state index contributed by atoms with van der Waals surface area (Å²) in [6.45, 7) is 1.12. The van der Waals surface area contributed by atoms with E-state index >= 15 is 0 Å². The number of hydrogen-bond donors (Lipinski definition) is 0. The maximum atomic E-state index is 12.3. The Bertz CT molecular complexity index is 612. The molecule has 2 atom stereocenters. The molecule has 0 bridgehead atoms. The van der Waals surface area contributed by atoms with E-state index in [1.165, 1.54) is 12.8 Å².